The summed E-state index contributed by atoms with van der Waals surface area (Å²) in [6, 6.07) is 6.64. The summed E-state index contributed by atoms with van der Waals surface area (Å²) in [5.74, 6) is -0.998. The molecule has 0 saturated carbocycles. The number of para-hydroxylation sites is 1. The topological polar surface area (TPSA) is 82.8 Å². The summed E-state index contributed by atoms with van der Waals surface area (Å²) in [6.45, 7) is 4.94. The number of rotatable bonds is 6. The monoisotopic (exact) mass is 344 g/mol. The van der Waals surface area contributed by atoms with E-state index in [1.54, 1.807) is 6.26 Å². The predicted molar refractivity (Wildman–Crippen MR) is 94.1 cm³/mol. The van der Waals surface area contributed by atoms with Crippen molar-refractivity contribution in [2.75, 3.05) is 6.54 Å². The van der Waals surface area contributed by atoms with Crippen molar-refractivity contribution in [2.45, 2.75) is 45.3 Å². The summed E-state index contributed by atoms with van der Waals surface area (Å²) < 4.78 is 5.54. The Morgan fingerprint density at radius 1 is 1.36 bits per heavy atom. The highest BCUT2D eigenvalue weighted by molar-refractivity contribution is 5.88. The highest BCUT2D eigenvalue weighted by Gasteiger charge is 2.37. The van der Waals surface area contributed by atoms with E-state index in [0.717, 1.165) is 23.0 Å². The molecule has 1 aliphatic rings. The van der Waals surface area contributed by atoms with Gasteiger partial charge in [-0.2, -0.15) is 0 Å². The van der Waals surface area contributed by atoms with Crippen LogP contribution < -0.4 is 5.32 Å². The van der Waals surface area contributed by atoms with Gasteiger partial charge in [-0.1, -0.05) is 32.0 Å². The van der Waals surface area contributed by atoms with E-state index < -0.39 is 18.1 Å². The molecule has 2 N–H and O–H groups in total. The van der Waals surface area contributed by atoms with Gasteiger partial charge in [0.05, 0.1) is 12.3 Å². The van der Waals surface area contributed by atoms with Crippen molar-refractivity contribution >= 4 is 22.8 Å². The van der Waals surface area contributed by atoms with Gasteiger partial charge in [0.15, 0.2) is 0 Å². The molecule has 1 aromatic heterocycles. The van der Waals surface area contributed by atoms with Crippen molar-refractivity contribution in [3.8, 4) is 0 Å². The molecule has 1 aromatic carbocycles. The van der Waals surface area contributed by atoms with E-state index in [9.17, 15) is 14.7 Å². The van der Waals surface area contributed by atoms with Crippen molar-refractivity contribution in [2.24, 2.45) is 5.92 Å². The third-order valence-corrected chi connectivity index (χ3v) is 4.83. The maximum atomic E-state index is 12.9. The van der Waals surface area contributed by atoms with E-state index in [0.29, 0.717) is 19.5 Å². The Morgan fingerprint density at radius 2 is 2.12 bits per heavy atom. The molecule has 1 aliphatic heterocycles. The number of aliphatic carboxylic acids is 1. The minimum Gasteiger partial charge on any atom is -0.480 e. The molecule has 6 nitrogen and oxygen atoms in total. The molecule has 6 heteroatoms. The number of hydrogen-bond donors (Lipinski definition) is 2. The number of carboxylic acids is 1. The van der Waals surface area contributed by atoms with Gasteiger partial charge in [-0.25, -0.2) is 4.79 Å². The Bertz CT molecular complexity index is 768. The quantitative estimate of drug-likeness (QED) is 0.842. The van der Waals surface area contributed by atoms with Crippen molar-refractivity contribution < 1.29 is 19.1 Å². The fourth-order valence-electron chi connectivity index (χ4n) is 3.46. The standard InChI is InChI=1S/C19H24N2O4/c1-12(2)17(18(22)21-9-5-7-15(21)19(23)24)20-10-13-11-25-16-8-4-3-6-14(13)16/h3-4,6,8,11-12,15,17,20H,5,7,9-10H2,1-2H3,(H,23,24)/t15-,17-/m0/s1. The summed E-state index contributed by atoms with van der Waals surface area (Å²) in [5, 5.41) is 13.7. The minimum atomic E-state index is -0.922. The number of amides is 1. The van der Waals surface area contributed by atoms with Crippen molar-refractivity contribution in [1.82, 2.24) is 10.2 Å². The van der Waals surface area contributed by atoms with Crippen LogP contribution in [-0.2, 0) is 16.1 Å². The minimum absolute atomic E-state index is 0.0562. The Labute approximate surface area is 146 Å². The average molecular weight is 344 g/mol. The number of benzene rings is 1. The van der Waals surface area contributed by atoms with Gasteiger partial charge in [0.25, 0.3) is 0 Å². The molecule has 0 bridgehead atoms. The van der Waals surface area contributed by atoms with Gasteiger partial charge in [-0.3, -0.25) is 4.79 Å². The molecule has 1 amide bonds. The third kappa shape index (κ3) is 3.54. The fraction of sp³-hybridized carbons (Fsp3) is 0.474. The maximum Gasteiger partial charge on any atom is 0.326 e. The molecule has 2 atom stereocenters. The molecule has 0 aliphatic carbocycles. The number of hydrogen-bond acceptors (Lipinski definition) is 4. The zero-order valence-corrected chi connectivity index (χ0v) is 14.6. The van der Waals surface area contributed by atoms with Crippen LogP contribution in [0.25, 0.3) is 11.0 Å². The first-order valence-corrected chi connectivity index (χ1v) is 8.71. The van der Waals surface area contributed by atoms with Gasteiger partial charge in [-0.15, -0.1) is 0 Å². The Kier molecular flexibility index (Phi) is 5.08. The van der Waals surface area contributed by atoms with Gasteiger partial charge >= 0.3 is 5.97 Å². The second-order valence-electron chi connectivity index (χ2n) is 6.89. The number of nitrogens with zero attached hydrogens (tertiary/aromatic N) is 1. The van der Waals surface area contributed by atoms with Gasteiger partial charge in [0, 0.05) is 24.0 Å². The lowest BCUT2D eigenvalue weighted by Gasteiger charge is -2.29. The van der Waals surface area contributed by atoms with Crippen LogP contribution in [0.15, 0.2) is 34.9 Å². The number of likely N-dealkylation sites (tertiary alicyclic amines) is 1. The molecule has 134 valence electrons. The van der Waals surface area contributed by atoms with Crippen molar-refractivity contribution in [3.63, 3.8) is 0 Å². The fourth-order valence-corrected chi connectivity index (χ4v) is 3.46. The normalized spacial score (nSPS) is 18.8. The molecule has 0 unspecified atom stereocenters. The van der Waals surface area contributed by atoms with Crippen LogP contribution in [0.4, 0.5) is 0 Å². The average Bonchev–Trinajstić information content (AvgIpc) is 3.21. The van der Waals surface area contributed by atoms with Crippen LogP contribution in [0.2, 0.25) is 0 Å². The first kappa shape index (κ1) is 17.5. The van der Waals surface area contributed by atoms with Gasteiger partial charge in [0.1, 0.15) is 11.6 Å². The van der Waals surface area contributed by atoms with Gasteiger partial charge < -0.3 is 19.7 Å². The summed E-state index contributed by atoms with van der Waals surface area (Å²) in [5.41, 5.74) is 1.81. The lowest BCUT2D eigenvalue weighted by molar-refractivity contribution is -0.149. The second-order valence-corrected chi connectivity index (χ2v) is 6.89. The van der Waals surface area contributed by atoms with Gasteiger partial charge in [-0.05, 0) is 24.8 Å². The van der Waals surface area contributed by atoms with Crippen LogP contribution in [0.1, 0.15) is 32.3 Å². The van der Waals surface area contributed by atoms with Crippen LogP contribution in [0.3, 0.4) is 0 Å². The number of carbonyl (C=O) groups is 2. The zero-order valence-electron chi connectivity index (χ0n) is 14.6. The number of fused-ring (bicyclic) bond motifs is 1. The molecule has 25 heavy (non-hydrogen) atoms. The molecule has 1 fully saturated rings. The van der Waals surface area contributed by atoms with Crippen LogP contribution in [0.5, 0.6) is 0 Å². The molecule has 1 saturated heterocycles. The first-order chi connectivity index (χ1) is 12.0. The lowest BCUT2D eigenvalue weighted by Crippen LogP contribution is -2.52. The van der Waals surface area contributed by atoms with E-state index in [2.05, 4.69) is 5.32 Å². The highest BCUT2D eigenvalue weighted by Crippen LogP contribution is 2.23. The summed E-state index contributed by atoms with van der Waals surface area (Å²) in [4.78, 5) is 25.8. The Morgan fingerprint density at radius 3 is 2.84 bits per heavy atom. The van der Waals surface area contributed by atoms with Crippen LogP contribution in [-0.4, -0.2) is 40.5 Å². The number of carboxylic acid groups (broad SMARTS) is 1. The van der Waals surface area contributed by atoms with E-state index in [-0.39, 0.29) is 11.8 Å². The molecular formula is C19H24N2O4. The molecule has 3 rings (SSSR count). The van der Waals surface area contributed by atoms with E-state index in [1.807, 2.05) is 38.1 Å². The molecule has 0 spiro atoms. The highest BCUT2D eigenvalue weighted by atomic mass is 16.4. The largest absolute Gasteiger partial charge is 0.480 e. The van der Waals surface area contributed by atoms with Crippen molar-refractivity contribution in [3.05, 3.63) is 36.1 Å². The SMILES string of the molecule is CC(C)[C@H](NCc1coc2ccccc12)C(=O)N1CCC[C@H]1C(=O)O. The lowest BCUT2D eigenvalue weighted by atomic mass is 10.0. The zero-order chi connectivity index (χ0) is 18.0. The molecule has 0 radical (unpaired) electrons. The summed E-state index contributed by atoms with van der Waals surface area (Å²) >= 11 is 0. The predicted octanol–water partition coefficient (Wildman–Crippen LogP) is 2.62. The summed E-state index contributed by atoms with van der Waals surface area (Å²) in [7, 11) is 0. The van der Waals surface area contributed by atoms with Crippen molar-refractivity contribution in [1.29, 1.82) is 0 Å². The van der Waals surface area contributed by atoms with Crippen LogP contribution in [0, 0.1) is 5.92 Å². The molecule has 2 heterocycles. The Hall–Kier alpha value is -2.34. The second kappa shape index (κ2) is 7.27. The smallest absolute Gasteiger partial charge is 0.326 e. The number of carbonyl (C=O) groups excluding carboxylic acids is 1. The van der Waals surface area contributed by atoms with E-state index >= 15 is 0 Å². The number of furan rings is 1. The Balaban J connectivity index is 1.73. The van der Waals surface area contributed by atoms with Crippen LogP contribution >= 0.6 is 0 Å². The molecular weight excluding hydrogens is 320 g/mol. The van der Waals surface area contributed by atoms with Gasteiger partial charge in [0.2, 0.25) is 5.91 Å². The van der Waals surface area contributed by atoms with E-state index in [1.165, 1.54) is 4.90 Å². The maximum absolute atomic E-state index is 12.9. The third-order valence-electron chi connectivity index (χ3n) is 4.83. The first-order valence-electron chi connectivity index (χ1n) is 8.71. The molecule has 2 aromatic rings. The number of nitrogens with one attached hydrogen (secondary N) is 1. The summed E-state index contributed by atoms with van der Waals surface area (Å²) in [6.07, 6.45) is 2.97. The van der Waals surface area contributed by atoms with E-state index in [4.69, 9.17) is 4.42 Å².